The molecular formula is C7H14N4O. The van der Waals surface area contributed by atoms with Gasteiger partial charge in [0.05, 0.1) is 0 Å². The number of hydrogen-bond acceptors (Lipinski definition) is 4. The van der Waals surface area contributed by atoms with E-state index in [2.05, 4.69) is 17.0 Å². The number of anilines is 1. The predicted octanol–water partition coefficient (Wildman–Crippen LogP) is 0.324. The van der Waals surface area contributed by atoms with Gasteiger partial charge in [-0.3, -0.25) is 0 Å². The standard InChI is InChI=1S/C7H14N4O/c1-3-4-12-5-6-9-7(8)11(2)10-6/h3-5H2,1-2H3,(H2,8,9,10). The van der Waals surface area contributed by atoms with Crippen molar-refractivity contribution in [1.82, 2.24) is 14.8 Å². The van der Waals surface area contributed by atoms with Gasteiger partial charge >= 0.3 is 0 Å². The molecule has 12 heavy (non-hydrogen) atoms. The van der Waals surface area contributed by atoms with Gasteiger partial charge in [0.2, 0.25) is 5.95 Å². The van der Waals surface area contributed by atoms with Crippen LogP contribution in [0.5, 0.6) is 0 Å². The molecule has 1 rings (SSSR count). The molecule has 68 valence electrons. The lowest BCUT2D eigenvalue weighted by atomic mass is 10.5. The van der Waals surface area contributed by atoms with Gasteiger partial charge in [0, 0.05) is 13.7 Å². The van der Waals surface area contributed by atoms with E-state index in [9.17, 15) is 0 Å². The molecule has 0 amide bonds. The monoisotopic (exact) mass is 170 g/mol. The molecule has 1 heterocycles. The summed E-state index contributed by atoms with van der Waals surface area (Å²) >= 11 is 0. The minimum absolute atomic E-state index is 0.421. The average molecular weight is 170 g/mol. The van der Waals surface area contributed by atoms with Gasteiger partial charge in [-0.15, -0.1) is 0 Å². The molecule has 1 aromatic heterocycles. The van der Waals surface area contributed by atoms with Crippen molar-refractivity contribution < 1.29 is 4.74 Å². The van der Waals surface area contributed by atoms with E-state index < -0.39 is 0 Å². The molecule has 0 aromatic carbocycles. The van der Waals surface area contributed by atoms with Gasteiger partial charge in [0.1, 0.15) is 6.61 Å². The maximum atomic E-state index is 5.48. The van der Waals surface area contributed by atoms with Gasteiger partial charge in [-0.2, -0.15) is 10.1 Å². The Morgan fingerprint density at radius 2 is 2.33 bits per heavy atom. The van der Waals surface area contributed by atoms with Crippen molar-refractivity contribution in [2.75, 3.05) is 12.3 Å². The number of rotatable bonds is 4. The number of nitrogens with two attached hydrogens (primary N) is 1. The van der Waals surface area contributed by atoms with E-state index in [1.165, 1.54) is 4.68 Å². The first kappa shape index (κ1) is 8.99. The second-order valence-electron chi connectivity index (χ2n) is 2.56. The van der Waals surface area contributed by atoms with Crippen LogP contribution >= 0.6 is 0 Å². The third-order valence-electron chi connectivity index (χ3n) is 1.42. The molecule has 0 aliphatic heterocycles. The summed E-state index contributed by atoms with van der Waals surface area (Å²) in [5, 5.41) is 4.04. The zero-order valence-corrected chi connectivity index (χ0v) is 7.45. The third kappa shape index (κ3) is 2.20. The second-order valence-corrected chi connectivity index (χ2v) is 2.56. The van der Waals surface area contributed by atoms with Crippen LogP contribution in [0.15, 0.2) is 0 Å². The van der Waals surface area contributed by atoms with Gasteiger partial charge in [0.25, 0.3) is 0 Å². The van der Waals surface area contributed by atoms with Crippen molar-refractivity contribution in [1.29, 1.82) is 0 Å². The molecule has 0 aliphatic carbocycles. The van der Waals surface area contributed by atoms with Crippen LogP contribution in [0.2, 0.25) is 0 Å². The van der Waals surface area contributed by atoms with Crippen LogP contribution in [0.25, 0.3) is 0 Å². The molecule has 0 aliphatic rings. The lowest BCUT2D eigenvalue weighted by Crippen LogP contribution is -1.98. The Labute approximate surface area is 71.5 Å². The number of aromatic nitrogens is 3. The Morgan fingerprint density at radius 1 is 1.58 bits per heavy atom. The molecule has 5 heteroatoms. The van der Waals surface area contributed by atoms with Crippen LogP contribution in [0.3, 0.4) is 0 Å². The molecule has 0 bridgehead atoms. The Hall–Kier alpha value is -1.10. The van der Waals surface area contributed by atoms with Gasteiger partial charge < -0.3 is 10.5 Å². The first-order valence-corrected chi connectivity index (χ1v) is 3.97. The topological polar surface area (TPSA) is 66.0 Å². The lowest BCUT2D eigenvalue weighted by molar-refractivity contribution is 0.116. The number of ether oxygens (including phenoxy) is 1. The summed E-state index contributed by atoms with van der Waals surface area (Å²) in [6.45, 7) is 3.23. The fraction of sp³-hybridized carbons (Fsp3) is 0.714. The largest absolute Gasteiger partial charge is 0.373 e. The molecule has 0 atom stereocenters. The zero-order valence-electron chi connectivity index (χ0n) is 7.45. The third-order valence-corrected chi connectivity index (χ3v) is 1.42. The fourth-order valence-corrected chi connectivity index (χ4v) is 0.820. The maximum Gasteiger partial charge on any atom is 0.218 e. The lowest BCUT2D eigenvalue weighted by Gasteiger charge is -1.95. The molecule has 2 N–H and O–H groups in total. The normalized spacial score (nSPS) is 10.5. The number of hydrogen-bond donors (Lipinski definition) is 1. The van der Waals surface area contributed by atoms with E-state index in [-0.39, 0.29) is 0 Å². The van der Waals surface area contributed by atoms with Crippen molar-refractivity contribution in [2.45, 2.75) is 20.0 Å². The van der Waals surface area contributed by atoms with Crippen molar-refractivity contribution in [3.63, 3.8) is 0 Å². The van der Waals surface area contributed by atoms with Gasteiger partial charge in [-0.05, 0) is 6.42 Å². The SMILES string of the molecule is CCCOCc1nc(N)n(C)n1. The minimum Gasteiger partial charge on any atom is -0.373 e. The van der Waals surface area contributed by atoms with Crippen LogP contribution in [0, 0.1) is 0 Å². The molecule has 0 saturated carbocycles. The Bertz CT molecular complexity index is 226. The Morgan fingerprint density at radius 3 is 2.83 bits per heavy atom. The van der Waals surface area contributed by atoms with Crippen LogP contribution in [0.4, 0.5) is 5.95 Å². The summed E-state index contributed by atoms with van der Waals surface area (Å²) in [4.78, 5) is 3.99. The molecule has 0 fully saturated rings. The highest BCUT2D eigenvalue weighted by Crippen LogP contribution is 1.98. The Kier molecular flexibility index (Phi) is 3.04. The smallest absolute Gasteiger partial charge is 0.218 e. The predicted molar refractivity (Wildman–Crippen MR) is 45.4 cm³/mol. The zero-order chi connectivity index (χ0) is 8.97. The Balaban J connectivity index is 2.42. The molecule has 5 nitrogen and oxygen atoms in total. The summed E-state index contributed by atoms with van der Waals surface area (Å²) < 4.78 is 6.78. The fourth-order valence-electron chi connectivity index (χ4n) is 0.820. The highest BCUT2D eigenvalue weighted by Gasteiger charge is 2.02. The van der Waals surface area contributed by atoms with E-state index in [0.29, 0.717) is 18.4 Å². The molecular weight excluding hydrogens is 156 g/mol. The van der Waals surface area contributed by atoms with Crippen molar-refractivity contribution in [3.05, 3.63) is 5.82 Å². The first-order valence-electron chi connectivity index (χ1n) is 3.97. The van der Waals surface area contributed by atoms with Gasteiger partial charge in [0.15, 0.2) is 5.82 Å². The maximum absolute atomic E-state index is 5.48. The van der Waals surface area contributed by atoms with Gasteiger partial charge in [-0.25, -0.2) is 4.68 Å². The highest BCUT2D eigenvalue weighted by atomic mass is 16.5. The summed E-state index contributed by atoms with van der Waals surface area (Å²) in [6, 6.07) is 0. The number of nitrogen functional groups attached to an aromatic ring is 1. The molecule has 0 spiro atoms. The minimum atomic E-state index is 0.421. The molecule has 0 unspecified atom stereocenters. The van der Waals surface area contributed by atoms with Crippen molar-refractivity contribution in [2.24, 2.45) is 7.05 Å². The summed E-state index contributed by atoms with van der Waals surface area (Å²) in [7, 11) is 1.76. The van der Waals surface area contributed by atoms with Gasteiger partial charge in [-0.1, -0.05) is 6.92 Å². The van der Waals surface area contributed by atoms with E-state index in [0.717, 1.165) is 13.0 Å². The summed E-state index contributed by atoms with van der Waals surface area (Å²) in [5.74, 6) is 1.06. The van der Waals surface area contributed by atoms with Crippen molar-refractivity contribution >= 4 is 5.95 Å². The van der Waals surface area contributed by atoms with Crippen LogP contribution in [0.1, 0.15) is 19.2 Å². The van der Waals surface area contributed by atoms with Crippen LogP contribution in [-0.2, 0) is 18.4 Å². The van der Waals surface area contributed by atoms with E-state index in [1.807, 2.05) is 0 Å². The average Bonchev–Trinajstić information content (AvgIpc) is 2.32. The molecule has 1 aromatic rings. The first-order chi connectivity index (χ1) is 5.74. The summed E-state index contributed by atoms with van der Waals surface area (Å²) in [5.41, 5.74) is 5.48. The van der Waals surface area contributed by atoms with Crippen LogP contribution < -0.4 is 5.73 Å². The quantitative estimate of drug-likeness (QED) is 0.661. The molecule has 0 saturated heterocycles. The van der Waals surface area contributed by atoms with E-state index >= 15 is 0 Å². The van der Waals surface area contributed by atoms with Crippen molar-refractivity contribution in [3.8, 4) is 0 Å². The van der Waals surface area contributed by atoms with E-state index in [4.69, 9.17) is 10.5 Å². The highest BCUT2D eigenvalue weighted by molar-refractivity contribution is 5.14. The van der Waals surface area contributed by atoms with E-state index in [1.54, 1.807) is 7.05 Å². The summed E-state index contributed by atoms with van der Waals surface area (Å²) in [6.07, 6.45) is 1.00. The second kappa shape index (κ2) is 4.06. The number of aryl methyl sites for hydroxylation is 1. The number of nitrogens with zero attached hydrogens (tertiary/aromatic N) is 3. The molecule has 0 radical (unpaired) electrons. The van der Waals surface area contributed by atoms with Crippen LogP contribution in [-0.4, -0.2) is 21.4 Å².